The zero-order chi connectivity index (χ0) is 8.10. The second kappa shape index (κ2) is 4.76. The summed E-state index contributed by atoms with van der Waals surface area (Å²) in [6, 6.07) is 0. The molecule has 1 rings (SSSR count). The third kappa shape index (κ3) is 3.24. The summed E-state index contributed by atoms with van der Waals surface area (Å²) in [7, 11) is 0. The Morgan fingerprint density at radius 2 is 2.00 bits per heavy atom. The second-order valence-corrected chi connectivity index (χ2v) is 4.02. The van der Waals surface area contributed by atoms with E-state index in [1.165, 1.54) is 38.5 Å². The average molecular weight is 156 g/mol. The van der Waals surface area contributed by atoms with Crippen LogP contribution in [0.2, 0.25) is 0 Å². The summed E-state index contributed by atoms with van der Waals surface area (Å²) < 4.78 is 0. The van der Waals surface area contributed by atoms with Gasteiger partial charge in [0.05, 0.1) is 0 Å². The van der Waals surface area contributed by atoms with Crippen LogP contribution in [0.3, 0.4) is 0 Å². The minimum atomic E-state index is 0.368. The monoisotopic (exact) mass is 156 g/mol. The van der Waals surface area contributed by atoms with Gasteiger partial charge in [-0.1, -0.05) is 39.0 Å². The number of aliphatic hydroxyl groups excluding tert-OH is 1. The van der Waals surface area contributed by atoms with Crippen molar-refractivity contribution in [3.63, 3.8) is 0 Å². The molecular weight excluding hydrogens is 136 g/mol. The molecule has 1 fully saturated rings. The minimum Gasteiger partial charge on any atom is -0.396 e. The number of hydrogen-bond acceptors (Lipinski definition) is 1. The van der Waals surface area contributed by atoms with Crippen LogP contribution in [0.4, 0.5) is 0 Å². The van der Waals surface area contributed by atoms with Gasteiger partial charge in [-0.05, 0) is 18.3 Å². The Morgan fingerprint density at radius 1 is 1.36 bits per heavy atom. The lowest BCUT2D eigenvalue weighted by molar-refractivity contribution is 0.222. The standard InChI is InChI=1S/C10H20O/c1-9(8-11)6-7-10-4-2-3-5-10/h9-11H,2-8H2,1H3/t9-/m1/s1. The SMILES string of the molecule is C[C@@H](CO)CCC1CCCC1. The van der Waals surface area contributed by atoms with Gasteiger partial charge < -0.3 is 5.11 Å². The predicted octanol–water partition coefficient (Wildman–Crippen LogP) is 2.59. The maximum absolute atomic E-state index is 8.81. The molecule has 0 unspecified atom stereocenters. The molecule has 1 nitrogen and oxygen atoms in total. The molecule has 1 N–H and O–H groups in total. The highest BCUT2D eigenvalue weighted by molar-refractivity contribution is 4.68. The largest absolute Gasteiger partial charge is 0.396 e. The van der Waals surface area contributed by atoms with E-state index in [2.05, 4.69) is 6.92 Å². The Hall–Kier alpha value is -0.0400. The molecular formula is C10H20O. The van der Waals surface area contributed by atoms with Crippen molar-refractivity contribution in [3.05, 3.63) is 0 Å². The van der Waals surface area contributed by atoms with Crippen LogP contribution in [0.15, 0.2) is 0 Å². The highest BCUT2D eigenvalue weighted by atomic mass is 16.3. The van der Waals surface area contributed by atoms with Crippen molar-refractivity contribution in [3.8, 4) is 0 Å². The maximum Gasteiger partial charge on any atom is 0.0456 e. The fraction of sp³-hybridized carbons (Fsp3) is 1.00. The van der Waals surface area contributed by atoms with Gasteiger partial charge in [0.25, 0.3) is 0 Å². The molecule has 0 aromatic carbocycles. The normalized spacial score (nSPS) is 22.4. The van der Waals surface area contributed by atoms with Crippen LogP contribution in [0.5, 0.6) is 0 Å². The Balaban J connectivity index is 2.01. The fourth-order valence-electron chi connectivity index (χ4n) is 1.91. The predicted molar refractivity (Wildman–Crippen MR) is 47.4 cm³/mol. The Kier molecular flexibility index (Phi) is 3.92. The van der Waals surface area contributed by atoms with Gasteiger partial charge in [0, 0.05) is 6.61 Å². The molecule has 1 aliphatic carbocycles. The smallest absolute Gasteiger partial charge is 0.0456 e. The van der Waals surface area contributed by atoms with Gasteiger partial charge in [-0.15, -0.1) is 0 Å². The highest BCUT2D eigenvalue weighted by Crippen LogP contribution is 2.29. The van der Waals surface area contributed by atoms with Crippen molar-refractivity contribution in [2.24, 2.45) is 11.8 Å². The Morgan fingerprint density at radius 3 is 2.55 bits per heavy atom. The van der Waals surface area contributed by atoms with Crippen LogP contribution in [0.25, 0.3) is 0 Å². The van der Waals surface area contributed by atoms with Crippen LogP contribution in [0.1, 0.15) is 45.4 Å². The van der Waals surface area contributed by atoms with Gasteiger partial charge in [-0.25, -0.2) is 0 Å². The lowest BCUT2D eigenvalue weighted by Crippen LogP contribution is -2.03. The lowest BCUT2D eigenvalue weighted by atomic mass is 9.96. The van der Waals surface area contributed by atoms with Gasteiger partial charge in [-0.3, -0.25) is 0 Å². The molecule has 0 spiro atoms. The van der Waals surface area contributed by atoms with Crippen molar-refractivity contribution in [1.29, 1.82) is 0 Å². The molecule has 0 saturated heterocycles. The van der Waals surface area contributed by atoms with E-state index in [1.807, 2.05) is 0 Å². The maximum atomic E-state index is 8.81. The topological polar surface area (TPSA) is 20.2 Å². The molecule has 11 heavy (non-hydrogen) atoms. The molecule has 0 aliphatic heterocycles. The third-order valence-corrected chi connectivity index (χ3v) is 2.85. The van der Waals surface area contributed by atoms with Crippen molar-refractivity contribution in [2.75, 3.05) is 6.61 Å². The van der Waals surface area contributed by atoms with E-state index < -0.39 is 0 Å². The van der Waals surface area contributed by atoms with Crippen LogP contribution in [0, 0.1) is 11.8 Å². The van der Waals surface area contributed by atoms with E-state index in [-0.39, 0.29) is 0 Å². The summed E-state index contributed by atoms with van der Waals surface area (Å²) in [5.74, 6) is 1.51. The summed E-state index contributed by atoms with van der Waals surface area (Å²) in [4.78, 5) is 0. The van der Waals surface area contributed by atoms with Crippen molar-refractivity contribution < 1.29 is 5.11 Å². The molecule has 0 radical (unpaired) electrons. The van der Waals surface area contributed by atoms with E-state index in [9.17, 15) is 0 Å². The van der Waals surface area contributed by atoms with E-state index in [4.69, 9.17) is 5.11 Å². The second-order valence-electron chi connectivity index (χ2n) is 4.02. The van der Waals surface area contributed by atoms with Gasteiger partial charge >= 0.3 is 0 Å². The average Bonchev–Trinajstić information content (AvgIpc) is 2.52. The van der Waals surface area contributed by atoms with Gasteiger partial charge in [0.1, 0.15) is 0 Å². The first kappa shape index (κ1) is 9.05. The van der Waals surface area contributed by atoms with E-state index in [1.54, 1.807) is 0 Å². The minimum absolute atomic E-state index is 0.368. The molecule has 0 heterocycles. The Bertz CT molecular complexity index is 95.0. The van der Waals surface area contributed by atoms with Crippen LogP contribution < -0.4 is 0 Å². The molecule has 0 aromatic heterocycles. The van der Waals surface area contributed by atoms with Crippen LogP contribution in [-0.4, -0.2) is 11.7 Å². The molecule has 1 heteroatoms. The van der Waals surface area contributed by atoms with E-state index >= 15 is 0 Å². The zero-order valence-corrected chi connectivity index (χ0v) is 7.55. The van der Waals surface area contributed by atoms with Gasteiger partial charge in [0.2, 0.25) is 0 Å². The highest BCUT2D eigenvalue weighted by Gasteiger charge is 2.15. The third-order valence-electron chi connectivity index (χ3n) is 2.85. The molecule has 0 bridgehead atoms. The van der Waals surface area contributed by atoms with Crippen LogP contribution >= 0.6 is 0 Å². The van der Waals surface area contributed by atoms with Crippen molar-refractivity contribution in [2.45, 2.75) is 45.4 Å². The first-order valence-corrected chi connectivity index (χ1v) is 4.93. The summed E-state index contributed by atoms with van der Waals surface area (Å²) in [6.07, 6.45) is 8.34. The lowest BCUT2D eigenvalue weighted by Gasteiger charge is -2.11. The van der Waals surface area contributed by atoms with E-state index in [0.29, 0.717) is 12.5 Å². The first-order chi connectivity index (χ1) is 5.33. The fourth-order valence-corrected chi connectivity index (χ4v) is 1.91. The zero-order valence-electron chi connectivity index (χ0n) is 7.55. The van der Waals surface area contributed by atoms with Gasteiger partial charge in [-0.2, -0.15) is 0 Å². The number of rotatable bonds is 4. The van der Waals surface area contributed by atoms with Crippen molar-refractivity contribution in [1.82, 2.24) is 0 Å². The number of aliphatic hydroxyl groups is 1. The number of hydrogen-bond donors (Lipinski definition) is 1. The Labute approximate surface area is 69.8 Å². The van der Waals surface area contributed by atoms with Crippen LogP contribution in [-0.2, 0) is 0 Å². The van der Waals surface area contributed by atoms with Crippen molar-refractivity contribution >= 4 is 0 Å². The summed E-state index contributed by atoms with van der Waals surface area (Å²) in [6.45, 7) is 2.50. The van der Waals surface area contributed by atoms with Gasteiger partial charge in [0.15, 0.2) is 0 Å². The summed E-state index contributed by atoms with van der Waals surface area (Å²) in [5, 5.41) is 8.81. The quantitative estimate of drug-likeness (QED) is 0.663. The molecule has 66 valence electrons. The summed E-state index contributed by atoms with van der Waals surface area (Å²) in [5.41, 5.74) is 0. The molecule has 0 aromatic rings. The summed E-state index contributed by atoms with van der Waals surface area (Å²) >= 11 is 0. The molecule has 0 amide bonds. The first-order valence-electron chi connectivity index (χ1n) is 4.93. The molecule has 1 aliphatic rings. The van der Waals surface area contributed by atoms with E-state index in [0.717, 1.165) is 5.92 Å². The molecule has 1 atom stereocenters. The molecule has 1 saturated carbocycles.